The molecule has 3 unspecified atom stereocenters. The van der Waals surface area contributed by atoms with Crippen LogP contribution in [0.4, 0.5) is 21.7 Å². The number of pyridine rings is 2. The molecular weight excluding hydrogens is 443 g/mol. The lowest BCUT2D eigenvalue weighted by Gasteiger charge is -2.29. The molecule has 3 atom stereocenters. The van der Waals surface area contributed by atoms with Crippen LogP contribution in [0.2, 0.25) is 0 Å². The van der Waals surface area contributed by atoms with E-state index >= 15 is 0 Å². The van der Waals surface area contributed by atoms with Gasteiger partial charge in [-0.2, -0.15) is 5.10 Å². The van der Waals surface area contributed by atoms with Crippen molar-refractivity contribution >= 4 is 39.4 Å². The van der Waals surface area contributed by atoms with Crippen LogP contribution < -0.4 is 19.7 Å². The van der Waals surface area contributed by atoms with Gasteiger partial charge in [-0.3, -0.25) is 4.31 Å². The fourth-order valence-corrected chi connectivity index (χ4v) is 5.70. The van der Waals surface area contributed by atoms with E-state index in [2.05, 4.69) is 25.4 Å². The number of aromatic nitrogens is 4. The normalized spacial score (nSPS) is 22.5. The van der Waals surface area contributed by atoms with Crippen molar-refractivity contribution in [3.05, 3.63) is 66.9 Å². The molecular formula is C22H21FN8OS. The predicted molar refractivity (Wildman–Crippen MR) is 125 cm³/mol. The third-order valence-electron chi connectivity index (χ3n) is 5.95. The minimum atomic E-state index is -1.34. The van der Waals surface area contributed by atoms with Crippen molar-refractivity contribution in [2.24, 2.45) is 0 Å². The summed E-state index contributed by atoms with van der Waals surface area (Å²) in [5.74, 6) is 0.704. The number of nitrogens with zero attached hydrogens (tertiary/aromatic N) is 5. The Bertz CT molecular complexity index is 1350. The van der Waals surface area contributed by atoms with Crippen molar-refractivity contribution in [2.45, 2.75) is 18.5 Å². The minimum absolute atomic E-state index is 0.124. The highest BCUT2D eigenvalue weighted by atomic mass is 32.2. The first-order valence-corrected chi connectivity index (χ1v) is 11.8. The van der Waals surface area contributed by atoms with Gasteiger partial charge in [0.05, 0.1) is 29.0 Å². The lowest BCUT2D eigenvalue weighted by molar-refractivity contribution is 0.407. The molecule has 5 heterocycles. The van der Waals surface area contributed by atoms with Gasteiger partial charge in [-0.15, -0.1) is 0 Å². The van der Waals surface area contributed by atoms with Crippen LogP contribution in [0.1, 0.15) is 6.42 Å². The summed E-state index contributed by atoms with van der Waals surface area (Å²) >= 11 is -1.34. The number of nitrogens with one attached hydrogen (secondary N) is 3. The van der Waals surface area contributed by atoms with Crippen LogP contribution in [0.25, 0.3) is 16.6 Å². The first-order valence-electron chi connectivity index (χ1n) is 10.7. The highest BCUT2D eigenvalue weighted by Crippen LogP contribution is 2.29. The summed E-state index contributed by atoms with van der Waals surface area (Å²) in [6.07, 6.45) is 5.98. The summed E-state index contributed by atoms with van der Waals surface area (Å²) in [5.41, 5.74) is 1.62. The summed E-state index contributed by atoms with van der Waals surface area (Å²) in [4.78, 5) is 9.15. The monoisotopic (exact) mass is 464 g/mol. The van der Waals surface area contributed by atoms with Crippen molar-refractivity contribution in [1.29, 1.82) is 0 Å². The zero-order valence-electron chi connectivity index (χ0n) is 17.5. The van der Waals surface area contributed by atoms with Crippen LogP contribution in [0.5, 0.6) is 0 Å². The lowest BCUT2D eigenvalue weighted by atomic mass is 10.0. The molecule has 0 aliphatic carbocycles. The van der Waals surface area contributed by atoms with E-state index in [0.717, 1.165) is 24.9 Å². The van der Waals surface area contributed by atoms with Crippen LogP contribution in [0.15, 0.2) is 61.1 Å². The molecule has 3 N–H and O–H groups in total. The highest BCUT2D eigenvalue weighted by Gasteiger charge is 2.41. The average Bonchev–Trinajstić information content (AvgIpc) is 3.47. The van der Waals surface area contributed by atoms with Gasteiger partial charge in [-0.1, -0.05) is 0 Å². The Morgan fingerprint density at radius 3 is 3.00 bits per heavy atom. The van der Waals surface area contributed by atoms with E-state index in [1.54, 1.807) is 47.5 Å². The van der Waals surface area contributed by atoms with Gasteiger partial charge in [0.1, 0.15) is 17.5 Å². The number of anilines is 3. The molecule has 0 radical (unpaired) electrons. The molecule has 3 aromatic heterocycles. The van der Waals surface area contributed by atoms with Crippen molar-refractivity contribution in [3.63, 3.8) is 0 Å². The summed E-state index contributed by atoms with van der Waals surface area (Å²) in [7, 11) is 0. The highest BCUT2D eigenvalue weighted by molar-refractivity contribution is 7.84. The maximum absolute atomic E-state index is 14.7. The number of hydrogen-bond acceptors (Lipinski definition) is 6. The standard InChI is InChI=1S/C22H21FN8OS/c23-16-10-15(30-9-1-7-26-30)3-4-17(16)27-21-11-18-14(12-25-21)2-5-22(28-18)31-20-6-8-24-13-19(20)29-33(31)32/h1-5,7,9-12,19-20,24,29H,6,8,13H2,(H,25,27). The predicted octanol–water partition coefficient (Wildman–Crippen LogP) is 2.42. The van der Waals surface area contributed by atoms with Crippen LogP contribution in [0, 0.1) is 5.82 Å². The van der Waals surface area contributed by atoms with E-state index in [9.17, 15) is 8.60 Å². The maximum Gasteiger partial charge on any atom is 0.198 e. The average molecular weight is 465 g/mol. The van der Waals surface area contributed by atoms with Crippen molar-refractivity contribution in [3.8, 4) is 5.69 Å². The van der Waals surface area contributed by atoms with Gasteiger partial charge >= 0.3 is 0 Å². The smallest absolute Gasteiger partial charge is 0.198 e. The molecule has 11 heteroatoms. The quantitative estimate of drug-likeness (QED) is 0.429. The molecule has 0 spiro atoms. The molecule has 9 nitrogen and oxygen atoms in total. The number of piperidine rings is 1. The summed E-state index contributed by atoms with van der Waals surface area (Å²) in [6, 6.07) is 12.4. The molecule has 6 rings (SSSR count). The Hall–Kier alpha value is -3.41. The Labute approximate surface area is 191 Å². The van der Waals surface area contributed by atoms with E-state index in [-0.39, 0.29) is 12.1 Å². The number of fused-ring (bicyclic) bond motifs is 2. The molecule has 4 aromatic rings. The molecule has 0 bridgehead atoms. The second-order valence-corrected chi connectivity index (χ2v) is 9.16. The fraction of sp³-hybridized carbons (Fsp3) is 0.227. The van der Waals surface area contributed by atoms with Gasteiger partial charge < -0.3 is 10.6 Å². The van der Waals surface area contributed by atoms with E-state index in [1.807, 2.05) is 16.4 Å². The first-order chi connectivity index (χ1) is 16.2. The zero-order chi connectivity index (χ0) is 22.4. The fourth-order valence-electron chi connectivity index (χ4n) is 4.31. The van der Waals surface area contributed by atoms with Gasteiger partial charge in [0.25, 0.3) is 0 Å². The lowest BCUT2D eigenvalue weighted by Crippen LogP contribution is -2.49. The third-order valence-corrected chi connectivity index (χ3v) is 7.27. The first kappa shape index (κ1) is 20.2. The molecule has 2 aliphatic heterocycles. The molecule has 168 valence electrons. The number of benzene rings is 1. The summed E-state index contributed by atoms with van der Waals surface area (Å²) in [6.45, 7) is 1.66. The summed E-state index contributed by atoms with van der Waals surface area (Å²) < 4.78 is 34.0. The van der Waals surface area contributed by atoms with Crippen LogP contribution in [-0.4, -0.2) is 49.1 Å². The molecule has 33 heavy (non-hydrogen) atoms. The van der Waals surface area contributed by atoms with Gasteiger partial charge in [-0.25, -0.2) is 28.0 Å². The Morgan fingerprint density at radius 1 is 1.21 bits per heavy atom. The van der Waals surface area contributed by atoms with E-state index in [0.29, 0.717) is 28.5 Å². The Balaban J connectivity index is 1.29. The Kier molecular flexibility index (Phi) is 5.01. The van der Waals surface area contributed by atoms with Crippen molar-refractivity contribution in [2.75, 3.05) is 22.7 Å². The van der Waals surface area contributed by atoms with Gasteiger partial charge in [-0.05, 0) is 43.3 Å². The second-order valence-electron chi connectivity index (χ2n) is 8.03. The molecule has 2 fully saturated rings. The van der Waals surface area contributed by atoms with E-state index in [4.69, 9.17) is 4.98 Å². The topological polar surface area (TPSA) is 100 Å². The molecule has 0 amide bonds. The van der Waals surface area contributed by atoms with Crippen LogP contribution >= 0.6 is 0 Å². The molecule has 2 aliphatic rings. The minimum Gasteiger partial charge on any atom is -0.338 e. The van der Waals surface area contributed by atoms with Gasteiger partial charge in [0, 0.05) is 42.7 Å². The Morgan fingerprint density at radius 2 is 2.15 bits per heavy atom. The van der Waals surface area contributed by atoms with Gasteiger partial charge in [0.2, 0.25) is 0 Å². The number of rotatable bonds is 4. The SMILES string of the molecule is O=S1NC2CNCCC2N1c1ccc2cnc(Nc3ccc(-n4cccn4)cc3F)cc2n1. The summed E-state index contributed by atoms with van der Waals surface area (Å²) in [5, 5.41) is 11.3. The molecule has 1 aromatic carbocycles. The van der Waals surface area contributed by atoms with Crippen LogP contribution in [0.3, 0.4) is 0 Å². The van der Waals surface area contributed by atoms with Crippen molar-refractivity contribution < 1.29 is 8.60 Å². The maximum atomic E-state index is 14.7. The molecule has 2 saturated heterocycles. The number of hydrogen-bond donors (Lipinski definition) is 3. The van der Waals surface area contributed by atoms with E-state index in [1.165, 1.54) is 6.07 Å². The largest absolute Gasteiger partial charge is 0.338 e. The van der Waals surface area contributed by atoms with Gasteiger partial charge in [0.15, 0.2) is 11.2 Å². The third kappa shape index (κ3) is 3.73. The second kappa shape index (κ2) is 8.18. The van der Waals surface area contributed by atoms with Crippen LogP contribution in [-0.2, 0) is 11.2 Å². The van der Waals surface area contributed by atoms with E-state index < -0.39 is 17.0 Å². The number of halogens is 1. The zero-order valence-corrected chi connectivity index (χ0v) is 18.3. The van der Waals surface area contributed by atoms with Crippen molar-refractivity contribution in [1.82, 2.24) is 29.8 Å². The molecule has 0 saturated carbocycles.